The van der Waals surface area contributed by atoms with E-state index in [-0.39, 0.29) is 25.5 Å². The number of aliphatic hydroxyl groups excluding tert-OH is 2. The van der Waals surface area contributed by atoms with Crippen molar-refractivity contribution < 1.29 is 34.1 Å². The van der Waals surface area contributed by atoms with Crippen LogP contribution in [0.25, 0.3) is 0 Å². The Bertz CT molecular complexity index is 1230. The average Bonchev–Trinajstić information content (AvgIpc) is 3.32. The first-order valence-electron chi connectivity index (χ1n) is 13.2. The predicted octanol–water partition coefficient (Wildman–Crippen LogP) is 2.25. The van der Waals surface area contributed by atoms with Crippen LogP contribution >= 0.6 is 0 Å². The van der Waals surface area contributed by atoms with Gasteiger partial charge in [-0.3, -0.25) is 14.4 Å². The minimum Gasteiger partial charge on any atom is -0.493 e. The van der Waals surface area contributed by atoms with E-state index < -0.39 is 30.1 Å². The molecule has 0 saturated carbocycles. The minimum absolute atomic E-state index is 0.0379. The van der Waals surface area contributed by atoms with Gasteiger partial charge in [-0.2, -0.15) is 0 Å². The summed E-state index contributed by atoms with van der Waals surface area (Å²) in [5.74, 6) is -0.341. The number of benzene rings is 2. The van der Waals surface area contributed by atoms with E-state index in [9.17, 15) is 24.6 Å². The van der Waals surface area contributed by atoms with Crippen LogP contribution in [0.1, 0.15) is 47.7 Å². The average molecular weight is 537 g/mol. The third-order valence-corrected chi connectivity index (χ3v) is 7.24. The fourth-order valence-electron chi connectivity index (χ4n) is 5.27. The number of nitrogens with one attached hydrogen (secondary N) is 1. The first kappa shape index (κ1) is 28.3. The molecule has 4 unspecified atom stereocenters. The van der Waals surface area contributed by atoms with Gasteiger partial charge in [0, 0.05) is 29.8 Å². The number of methoxy groups -OCH3 is 1. The number of amides is 2. The molecule has 1 aliphatic carbocycles. The zero-order chi connectivity index (χ0) is 28.1. The molecule has 2 aromatic rings. The molecule has 3 N–H and O–H groups in total. The van der Waals surface area contributed by atoms with E-state index in [0.29, 0.717) is 53.4 Å². The molecular weight excluding hydrogens is 500 g/mol. The first-order valence-corrected chi connectivity index (χ1v) is 13.2. The van der Waals surface area contributed by atoms with Gasteiger partial charge >= 0.3 is 0 Å². The molecule has 0 bridgehead atoms. The Balaban J connectivity index is 1.78. The number of carbonyl (C=O) groups excluding carboxylic acids is 3. The van der Waals surface area contributed by atoms with Gasteiger partial charge in [-0.05, 0) is 36.1 Å². The highest BCUT2D eigenvalue weighted by Gasteiger charge is 2.51. The number of carbonyl (C=O) groups is 3. The second-order valence-electron chi connectivity index (χ2n) is 10.3. The molecule has 2 amide bonds. The molecule has 1 heterocycles. The van der Waals surface area contributed by atoms with Gasteiger partial charge in [-0.15, -0.1) is 0 Å². The lowest BCUT2D eigenvalue weighted by molar-refractivity contribution is -0.136. The molecule has 2 aliphatic rings. The molecule has 0 aromatic heterocycles. The van der Waals surface area contributed by atoms with Crippen molar-refractivity contribution in [2.75, 3.05) is 26.8 Å². The maximum Gasteiger partial charge on any atom is 0.247 e. The lowest BCUT2D eigenvalue weighted by Crippen LogP contribution is -2.56. The molecule has 0 spiro atoms. The van der Waals surface area contributed by atoms with E-state index in [1.54, 1.807) is 23.1 Å². The number of nitrogens with zero attached hydrogens (tertiary/aromatic N) is 1. The van der Waals surface area contributed by atoms with Crippen LogP contribution in [0.4, 0.5) is 0 Å². The smallest absolute Gasteiger partial charge is 0.247 e. The second kappa shape index (κ2) is 12.4. The SMILES string of the molecule is COc1cc(C=O)cc2c1OC1C2C(C(=O)NCCO)=CC(N(CCC(C)C)C(=O)Cc2ccccc2)C1O. The van der Waals surface area contributed by atoms with Crippen LogP contribution in [0, 0.1) is 5.92 Å². The van der Waals surface area contributed by atoms with Gasteiger partial charge in [0.25, 0.3) is 0 Å². The maximum atomic E-state index is 13.7. The number of aliphatic hydroxyl groups is 2. The van der Waals surface area contributed by atoms with Crippen molar-refractivity contribution in [1.29, 1.82) is 0 Å². The number of ether oxygens (including phenoxy) is 2. The molecule has 9 nitrogen and oxygen atoms in total. The van der Waals surface area contributed by atoms with Gasteiger partial charge in [0.15, 0.2) is 11.5 Å². The number of hydrogen-bond donors (Lipinski definition) is 3. The van der Waals surface area contributed by atoms with Crippen molar-refractivity contribution in [3.05, 3.63) is 70.8 Å². The zero-order valence-electron chi connectivity index (χ0n) is 22.5. The largest absolute Gasteiger partial charge is 0.493 e. The molecule has 39 heavy (non-hydrogen) atoms. The van der Waals surface area contributed by atoms with Crippen molar-refractivity contribution in [1.82, 2.24) is 10.2 Å². The molecule has 0 fully saturated rings. The van der Waals surface area contributed by atoms with Crippen molar-refractivity contribution in [3.63, 3.8) is 0 Å². The van der Waals surface area contributed by atoms with E-state index in [0.717, 1.165) is 5.56 Å². The van der Waals surface area contributed by atoms with Crippen LogP contribution in [0.15, 0.2) is 54.1 Å². The Morgan fingerprint density at radius 1 is 1.21 bits per heavy atom. The highest BCUT2D eigenvalue weighted by atomic mass is 16.5. The summed E-state index contributed by atoms with van der Waals surface area (Å²) in [6.07, 6.45) is 1.12. The normalized spacial score (nSPS) is 21.3. The first-order chi connectivity index (χ1) is 18.8. The lowest BCUT2D eigenvalue weighted by Gasteiger charge is -2.41. The summed E-state index contributed by atoms with van der Waals surface area (Å²) in [6, 6.07) is 11.7. The Kier molecular flexibility index (Phi) is 9.04. The van der Waals surface area contributed by atoms with Gasteiger partial charge in [0.05, 0.1) is 32.1 Å². The highest BCUT2D eigenvalue weighted by molar-refractivity contribution is 5.96. The predicted molar refractivity (Wildman–Crippen MR) is 145 cm³/mol. The molecular formula is C30H36N2O7. The number of fused-ring (bicyclic) bond motifs is 3. The maximum absolute atomic E-state index is 13.7. The van der Waals surface area contributed by atoms with Crippen LogP contribution in [-0.2, 0) is 16.0 Å². The Hall–Kier alpha value is -3.69. The number of aldehydes is 1. The summed E-state index contributed by atoms with van der Waals surface area (Å²) in [7, 11) is 1.45. The summed E-state index contributed by atoms with van der Waals surface area (Å²) in [5.41, 5.74) is 2.04. The number of rotatable bonds is 11. The fourth-order valence-corrected chi connectivity index (χ4v) is 5.27. The minimum atomic E-state index is -1.16. The molecule has 1 aliphatic heterocycles. The van der Waals surface area contributed by atoms with Crippen LogP contribution < -0.4 is 14.8 Å². The summed E-state index contributed by atoms with van der Waals surface area (Å²) in [6.45, 7) is 4.30. The van der Waals surface area contributed by atoms with E-state index in [2.05, 4.69) is 19.2 Å². The number of hydrogen-bond acceptors (Lipinski definition) is 7. The highest BCUT2D eigenvalue weighted by Crippen LogP contribution is 2.51. The molecule has 0 radical (unpaired) electrons. The van der Waals surface area contributed by atoms with Crippen LogP contribution in [0.5, 0.6) is 11.5 Å². The molecule has 4 atom stereocenters. The van der Waals surface area contributed by atoms with Crippen LogP contribution in [0.3, 0.4) is 0 Å². The standard InChI is InChI=1S/C30H36N2O7/c1-18(2)9-11-32(25(35)15-19-7-5-4-6-8-19)23-16-22(30(37)31-10-12-33)26-21-13-20(17-34)14-24(38-3)28(21)39-29(26)27(23)36/h4-8,13-14,16-18,23,26-27,29,33,36H,9-12,15H2,1-3H3,(H,31,37). The third kappa shape index (κ3) is 5.99. The summed E-state index contributed by atoms with van der Waals surface area (Å²) in [5, 5.41) is 23.7. The summed E-state index contributed by atoms with van der Waals surface area (Å²) < 4.78 is 11.7. The topological polar surface area (TPSA) is 125 Å². The third-order valence-electron chi connectivity index (χ3n) is 7.24. The van der Waals surface area contributed by atoms with Crippen molar-refractivity contribution >= 4 is 18.1 Å². The molecule has 2 aromatic carbocycles. The van der Waals surface area contributed by atoms with Crippen LogP contribution in [-0.4, -0.2) is 78.3 Å². The second-order valence-corrected chi connectivity index (χ2v) is 10.3. The van der Waals surface area contributed by atoms with Gasteiger partial charge < -0.3 is 29.9 Å². The lowest BCUT2D eigenvalue weighted by atomic mass is 9.77. The van der Waals surface area contributed by atoms with Crippen LogP contribution in [0.2, 0.25) is 0 Å². The zero-order valence-corrected chi connectivity index (χ0v) is 22.5. The van der Waals surface area contributed by atoms with E-state index in [4.69, 9.17) is 9.47 Å². The summed E-state index contributed by atoms with van der Waals surface area (Å²) >= 11 is 0. The fraction of sp³-hybridized carbons (Fsp3) is 0.433. The molecule has 208 valence electrons. The Morgan fingerprint density at radius 2 is 1.95 bits per heavy atom. The van der Waals surface area contributed by atoms with Gasteiger partial charge in [0.2, 0.25) is 11.8 Å². The molecule has 0 saturated heterocycles. The van der Waals surface area contributed by atoms with E-state index >= 15 is 0 Å². The molecule has 4 rings (SSSR count). The van der Waals surface area contributed by atoms with Crippen molar-refractivity contribution in [2.24, 2.45) is 5.92 Å². The van der Waals surface area contributed by atoms with Gasteiger partial charge in [-0.25, -0.2) is 0 Å². The van der Waals surface area contributed by atoms with Gasteiger partial charge in [-0.1, -0.05) is 44.2 Å². The quantitative estimate of drug-likeness (QED) is 0.376. The van der Waals surface area contributed by atoms with Gasteiger partial charge in [0.1, 0.15) is 18.5 Å². The van der Waals surface area contributed by atoms with Crippen molar-refractivity contribution in [2.45, 2.75) is 50.9 Å². The van der Waals surface area contributed by atoms with E-state index in [1.807, 2.05) is 30.3 Å². The monoisotopic (exact) mass is 536 g/mol. The Morgan fingerprint density at radius 3 is 2.59 bits per heavy atom. The summed E-state index contributed by atoms with van der Waals surface area (Å²) in [4.78, 5) is 40.3. The van der Waals surface area contributed by atoms with Crippen molar-refractivity contribution in [3.8, 4) is 11.5 Å². The Labute approximate surface area is 228 Å². The molecule has 9 heteroatoms. The van der Waals surface area contributed by atoms with E-state index in [1.165, 1.54) is 7.11 Å².